The third-order valence-corrected chi connectivity index (χ3v) is 3.84. The van der Waals surface area contributed by atoms with Crippen molar-refractivity contribution in [2.75, 3.05) is 13.7 Å². The van der Waals surface area contributed by atoms with Gasteiger partial charge in [-0.1, -0.05) is 11.6 Å². The Kier molecular flexibility index (Phi) is 4.77. The lowest BCUT2D eigenvalue weighted by Crippen LogP contribution is -2.10. The Morgan fingerprint density at radius 2 is 2.10 bits per heavy atom. The molecule has 0 aliphatic rings. The fraction of sp³-hybridized carbons (Fsp3) is 0.154. The number of non-ortho nitro benzene ring substituents is 1. The highest BCUT2D eigenvalue weighted by molar-refractivity contribution is 7.18. The number of nitrogens with zero attached hydrogens (tertiary/aromatic N) is 1. The molecule has 21 heavy (non-hydrogen) atoms. The highest BCUT2D eigenvalue weighted by atomic mass is 35.5. The fourth-order valence-corrected chi connectivity index (χ4v) is 2.54. The Morgan fingerprint density at radius 3 is 2.67 bits per heavy atom. The van der Waals surface area contributed by atoms with Gasteiger partial charge < -0.3 is 9.47 Å². The number of ether oxygens (including phenoxy) is 2. The molecule has 0 fully saturated rings. The third-order valence-electron chi connectivity index (χ3n) is 2.56. The van der Waals surface area contributed by atoms with Gasteiger partial charge in [-0.3, -0.25) is 14.9 Å². The summed E-state index contributed by atoms with van der Waals surface area (Å²) in [5.74, 6) is 0.195. The molecule has 0 aliphatic carbocycles. The van der Waals surface area contributed by atoms with Gasteiger partial charge in [0.25, 0.3) is 5.69 Å². The maximum absolute atomic E-state index is 11.9. The van der Waals surface area contributed by atoms with E-state index in [1.54, 1.807) is 12.1 Å². The predicted molar refractivity (Wildman–Crippen MR) is 78.8 cm³/mol. The minimum absolute atomic E-state index is 0.141. The van der Waals surface area contributed by atoms with E-state index in [0.29, 0.717) is 15.0 Å². The quantitative estimate of drug-likeness (QED) is 0.460. The van der Waals surface area contributed by atoms with Crippen LogP contribution in [0.5, 0.6) is 11.5 Å². The topological polar surface area (TPSA) is 78.7 Å². The molecule has 8 heteroatoms. The van der Waals surface area contributed by atoms with Crippen molar-refractivity contribution in [1.29, 1.82) is 0 Å². The van der Waals surface area contributed by atoms with Crippen LogP contribution < -0.4 is 9.47 Å². The van der Waals surface area contributed by atoms with E-state index in [9.17, 15) is 14.9 Å². The van der Waals surface area contributed by atoms with E-state index in [2.05, 4.69) is 0 Å². The summed E-state index contributed by atoms with van der Waals surface area (Å²) >= 11 is 6.90. The summed E-state index contributed by atoms with van der Waals surface area (Å²) in [5.41, 5.74) is -0.141. The van der Waals surface area contributed by atoms with Gasteiger partial charge in [0.1, 0.15) is 0 Å². The molecule has 2 aromatic rings. The number of carbonyl (C=O) groups is 1. The van der Waals surface area contributed by atoms with Gasteiger partial charge in [-0.2, -0.15) is 0 Å². The van der Waals surface area contributed by atoms with Crippen molar-refractivity contribution in [2.45, 2.75) is 0 Å². The number of hydrogen-bond acceptors (Lipinski definition) is 6. The summed E-state index contributed by atoms with van der Waals surface area (Å²) in [6, 6.07) is 7.15. The number of nitro groups is 1. The standard InChI is InChI=1S/C13H10ClNO5S/c1-19-10-3-2-8(15(17)18)6-11(10)20-7-9(16)12-4-5-13(14)21-12/h2-6H,7H2,1H3. The predicted octanol–water partition coefficient (Wildman–Crippen LogP) is 3.58. The maximum Gasteiger partial charge on any atom is 0.273 e. The van der Waals surface area contributed by atoms with E-state index in [1.807, 2.05) is 0 Å². The van der Waals surface area contributed by atoms with E-state index >= 15 is 0 Å². The lowest BCUT2D eigenvalue weighted by molar-refractivity contribution is -0.385. The van der Waals surface area contributed by atoms with Gasteiger partial charge in [0.15, 0.2) is 18.1 Å². The molecule has 6 nitrogen and oxygen atoms in total. The van der Waals surface area contributed by atoms with Gasteiger partial charge in [-0.15, -0.1) is 11.3 Å². The number of benzene rings is 1. The van der Waals surface area contributed by atoms with Gasteiger partial charge in [-0.25, -0.2) is 0 Å². The highest BCUT2D eigenvalue weighted by Crippen LogP contribution is 2.31. The first-order valence-corrected chi connectivity index (χ1v) is 6.94. The Balaban J connectivity index is 2.13. The molecule has 0 unspecified atom stereocenters. The number of methoxy groups -OCH3 is 1. The number of ketones is 1. The normalized spacial score (nSPS) is 10.2. The number of carbonyl (C=O) groups excluding carboxylic acids is 1. The first-order valence-electron chi connectivity index (χ1n) is 5.75. The fourth-order valence-electron chi connectivity index (χ4n) is 1.57. The molecule has 110 valence electrons. The van der Waals surface area contributed by atoms with Crippen LogP contribution in [0, 0.1) is 10.1 Å². The van der Waals surface area contributed by atoms with Crippen molar-refractivity contribution in [2.24, 2.45) is 0 Å². The summed E-state index contributed by atoms with van der Waals surface area (Å²) in [5, 5.41) is 10.7. The van der Waals surface area contributed by atoms with Crippen LogP contribution in [0.15, 0.2) is 30.3 Å². The van der Waals surface area contributed by atoms with Gasteiger partial charge in [-0.05, 0) is 18.2 Å². The molecule has 1 heterocycles. The summed E-state index contributed by atoms with van der Waals surface area (Å²) < 4.78 is 10.9. The molecule has 0 atom stereocenters. The van der Waals surface area contributed by atoms with E-state index < -0.39 is 4.92 Å². The van der Waals surface area contributed by atoms with Gasteiger partial charge >= 0.3 is 0 Å². The Labute approximate surface area is 129 Å². The second-order valence-corrected chi connectivity index (χ2v) is 5.62. The number of rotatable bonds is 6. The van der Waals surface area contributed by atoms with Crippen LogP contribution >= 0.6 is 22.9 Å². The van der Waals surface area contributed by atoms with E-state index in [-0.39, 0.29) is 23.8 Å². The molecule has 0 N–H and O–H groups in total. The highest BCUT2D eigenvalue weighted by Gasteiger charge is 2.15. The molecule has 1 aromatic carbocycles. The minimum Gasteiger partial charge on any atom is -0.493 e. The molecule has 0 bridgehead atoms. The first kappa shape index (κ1) is 15.3. The largest absolute Gasteiger partial charge is 0.493 e. The molecule has 0 amide bonds. The SMILES string of the molecule is COc1ccc([N+](=O)[O-])cc1OCC(=O)c1ccc(Cl)s1. The summed E-state index contributed by atoms with van der Waals surface area (Å²) in [7, 11) is 1.41. The number of hydrogen-bond donors (Lipinski definition) is 0. The zero-order valence-electron chi connectivity index (χ0n) is 10.9. The molecule has 0 spiro atoms. The molecule has 0 saturated heterocycles. The average molecular weight is 328 g/mol. The van der Waals surface area contributed by atoms with Crippen LogP contribution in [0.1, 0.15) is 9.67 Å². The number of thiophene rings is 1. The molecular formula is C13H10ClNO5S. The Morgan fingerprint density at radius 1 is 1.33 bits per heavy atom. The van der Waals surface area contributed by atoms with E-state index in [1.165, 1.54) is 25.3 Å². The van der Waals surface area contributed by atoms with Crippen LogP contribution in [0.25, 0.3) is 0 Å². The molecular weight excluding hydrogens is 318 g/mol. The molecule has 1 aromatic heterocycles. The van der Waals surface area contributed by atoms with Gasteiger partial charge in [0, 0.05) is 6.07 Å². The first-order chi connectivity index (χ1) is 10.0. The van der Waals surface area contributed by atoms with Crippen molar-refractivity contribution in [3.05, 3.63) is 49.7 Å². The zero-order chi connectivity index (χ0) is 15.4. The van der Waals surface area contributed by atoms with Crippen LogP contribution in [0.2, 0.25) is 4.34 Å². The van der Waals surface area contributed by atoms with E-state index in [0.717, 1.165) is 11.3 Å². The van der Waals surface area contributed by atoms with E-state index in [4.69, 9.17) is 21.1 Å². The number of halogens is 1. The molecule has 0 saturated carbocycles. The van der Waals surface area contributed by atoms with Gasteiger partial charge in [0.05, 0.1) is 27.3 Å². The molecule has 0 radical (unpaired) electrons. The summed E-state index contributed by atoms with van der Waals surface area (Å²) in [6.45, 7) is -0.256. The van der Waals surface area contributed by atoms with Crippen molar-refractivity contribution in [3.8, 4) is 11.5 Å². The Hall–Kier alpha value is -2.12. The third kappa shape index (κ3) is 3.71. The van der Waals surface area contributed by atoms with Crippen LogP contribution in [-0.2, 0) is 0 Å². The van der Waals surface area contributed by atoms with Crippen LogP contribution in [0.4, 0.5) is 5.69 Å². The average Bonchev–Trinajstić information content (AvgIpc) is 2.91. The second kappa shape index (κ2) is 6.55. The van der Waals surface area contributed by atoms with Crippen LogP contribution in [-0.4, -0.2) is 24.4 Å². The zero-order valence-corrected chi connectivity index (χ0v) is 12.4. The number of nitro benzene ring substituents is 1. The molecule has 0 aliphatic heterocycles. The Bertz CT molecular complexity index is 685. The van der Waals surface area contributed by atoms with Crippen molar-refractivity contribution in [1.82, 2.24) is 0 Å². The summed E-state index contributed by atoms with van der Waals surface area (Å²) in [6.07, 6.45) is 0. The summed E-state index contributed by atoms with van der Waals surface area (Å²) in [4.78, 5) is 22.6. The minimum atomic E-state index is -0.548. The molecule has 2 rings (SSSR count). The van der Waals surface area contributed by atoms with Crippen LogP contribution in [0.3, 0.4) is 0 Å². The van der Waals surface area contributed by atoms with Crippen molar-refractivity contribution >= 4 is 34.4 Å². The monoisotopic (exact) mass is 327 g/mol. The van der Waals surface area contributed by atoms with Gasteiger partial charge in [0.2, 0.25) is 5.78 Å². The smallest absolute Gasteiger partial charge is 0.273 e. The number of Topliss-reactive ketones (excluding diaryl/α,β-unsaturated/α-hetero) is 1. The second-order valence-electron chi connectivity index (χ2n) is 3.91. The lowest BCUT2D eigenvalue weighted by Gasteiger charge is -2.09. The maximum atomic E-state index is 11.9. The van der Waals surface area contributed by atoms with Crippen molar-refractivity contribution in [3.63, 3.8) is 0 Å². The lowest BCUT2D eigenvalue weighted by atomic mass is 10.3. The van der Waals surface area contributed by atoms with Crippen molar-refractivity contribution < 1.29 is 19.2 Å².